The van der Waals surface area contributed by atoms with Crippen LogP contribution in [0.2, 0.25) is 0 Å². The van der Waals surface area contributed by atoms with Crippen molar-refractivity contribution in [2.75, 3.05) is 19.6 Å². The van der Waals surface area contributed by atoms with E-state index in [1.54, 1.807) is 27.8 Å². The van der Waals surface area contributed by atoms with E-state index >= 15 is 0 Å². The number of nitrogens with zero attached hydrogens (tertiary/aromatic N) is 4. The highest BCUT2D eigenvalue weighted by atomic mass is 32.2. The van der Waals surface area contributed by atoms with Crippen LogP contribution in [0.25, 0.3) is 23.0 Å². The standard InChI is InChI=1S/C33H40N4O4S3/c1-4-5-6-7-8-12-18-36-32(38)30(43-33(36)42)20-27-23-37(28-15-10-9-11-16-28)34-31(27)26-14-13-17-29(19-26)44(39,40)35-21-24(2)41-25(3)22-35/h9-11,13-17,19-20,23-25H,4-8,12,18,21-22H2,1-3H3. The fourth-order valence-corrected chi connectivity index (χ4v) is 8.53. The zero-order valence-electron chi connectivity index (χ0n) is 25.5. The number of thiocarbonyl (C=S) groups is 1. The monoisotopic (exact) mass is 652 g/mol. The maximum absolute atomic E-state index is 13.7. The lowest BCUT2D eigenvalue weighted by Gasteiger charge is -2.34. The number of unbranched alkanes of at least 4 members (excludes halogenated alkanes) is 5. The Morgan fingerprint density at radius 2 is 1.70 bits per heavy atom. The van der Waals surface area contributed by atoms with Crippen LogP contribution in [0, 0.1) is 0 Å². The third kappa shape index (κ3) is 7.51. The second-order valence-corrected chi connectivity index (χ2v) is 15.0. The summed E-state index contributed by atoms with van der Waals surface area (Å²) < 4.78 is 37.0. The third-order valence-electron chi connectivity index (χ3n) is 7.79. The predicted octanol–water partition coefficient (Wildman–Crippen LogP) is 6.90. The Balaban J connectivity index is 1.45. The van der Waals surface area contributed by atoms with Gasteiger partial charge in [-0.1, -0.05) is 93.3 Å². The SMILES string of the molecule is CCCCCCCCN1C(=O)C(=Cc2cn(-c3ccccc3)nc2-c2cccc(S(=O)(=O)N3CC(C)OC(C)C3)c2)SC1=S. The number of carbonyl (C=O) groups excluding carboxylic acids is 1. The number of aromatic nitrogens is 2. The number of hydrogen-bond donors (Lipinski definition) is 0. The third-order valence-corrected chi connectivity index (χ3v) is 11.0. The molecule has 0 bridgehead atoms. The van der Waals surface area contributed by atoms with Crippen molar-refractivity contribution in [2.45, 2.75) is 76.4 Å². The van der Waals surface area contributed by atoms with Crippen molar-refractivity contribution in [1.29, 1.82) is 0 Å². The highest BCUT2D eigenvalue weighted by molar-refractivity contribution is 8.26. The normalized spacial score (nSPS) is 20.6. The zero-order chi connectivity index (χ0) is 31.3. The minimum atomic E-state index is -3.76. The summed E-state index contributed by atoms with van der Waals surface area (Å²) in [5.41, 5.74) is 2.78. The average Bonchev–Trinajstić information content (AvgIpc) is 3.55. The molecule has 44 heavy (non-hydrogen) atoms. The van der Waals surface area contributed by atoms with E-state index in [1.165, 1.54) is 41.8 Å². The van der Waals surface area contributed by atoms with Gasteiger partial charge in [-0.05, 0) is 50.6 Å². The van der Waals surface area contributed by atoms with Gasteiger partial charge in [-0.2, -0.15) is 9.40 Å². The zero-order valence-corrected chi connectivity index (χ0v) is 28.0. The fourth-order valence-electron chi connectivity index (χ4n) is 5.59. The van der Waals surface area contributed by atoms with E-state index in [2.05, 4.69) is 6.92 Å². The molecule has 2 unspecified atom stereocenters. The number of sulfonamides is 1. The number of thioether (sulfide) groups is 1. The van der Waals surface area contributed by atoms with E-state index in [0.717, 1.165) is 18.5 Å². The van der Waals surface area contributed by atoms with E-state index in [9.17, 15) is 13.2 Å². The van der Waals surface area contributed by atoms with Crippen molar-refractivity contribution in [3.63, 3.8) is 0 Å². The maximum Gasteiger partial charge on any atom is 0.266 e. The topological polar surface area (TPSA) is 84.7 Å². The largest absolute Gasteiger partial charge is 0.373 e. The van der Waals surface area contributed by atoms with Gasteiger partial charge in [0.2, 0.25) is 10.0 Å². The molecular weight excluding hydrogens is 613 g/mol. The lowest BCUT2D eigenvalue weighted by molar-refractivity contribution is -0.122. The molecule has 2 saturated heterocycles. The van der Waals surface area contributed by atoms with Crippen LogP contribution < -0.4 is 0 Å². The predicted molar refractivity (Wildman–Crippen MR) is 181 cm³/mol. The number of amides is 1. The van der Waals surface area contributed by atoms with Gasteiger partial charge >= 0.3 is 0 Å². The molecule has 3 aromatic rings. The molecule has 0 aliphatic carbocycles. The van der Waals surface area contributed by atoms with Crippen molar-refractivity contribution in [3.8, 4) is 16.9 Å². The Labute approximate surface area is 270 Å². The van der Waals surface area contributed by atoms with Gasteiger partial charge in [0.1, 0.15) is 10.0 Å². The van der Waals surface area contributed by atoms with Crippen LogP contribution in [0.4, 0.5) is 0 Å². The van der Waals surface area contributed by atoms with Crippen LogP contribution in [-0.4, -0.2) is 69.5 Å². The molecule has 0 saturated carbocycles. The average molecular weight is 653 g/mol. The van der Waals surface area contributed by atoms with E-state index in [-0.39, 0.29) is 23.0 Å². The van der Waals surface area contributed by atoms with Crippen LogP contribution >= 0.6 is 24.0 Å². The van der Waals surface area contributed by atoms with Gasteiger partial charge in [-0.3, -0.25) is 9.69 Å². The summed E-state index contributed by atoms with van der Waals surface area (Å²) in [4.78, 5) is 15.9. The summed E-state index contributed by atoms with van der Waals surface area (Å²) in [5, 5.41) is 4.88. The molecule has 2 atom stereocenters. The summed E-state index contributed by atoms with van der Waals surface area (Å²) in [7, 11) is -3.76. The molecule has 0 radical (unpaired) electrons. The second-order valence-electron chi connectivity index (χ2n) is 11.4. The minimum Gasteiger partial charge on any atom is -0.373 e. The van der Waals surface area contributed by atoms with Gasteiger partial charge in [-0.25, -0.2) is 13.1 Å². The molecule has 8 nitrogen and oxygen atoms in total. The molecule has 234 valence electrons. The van der Waals surface area contributed by atoms with Gasteiger partial charge in [0.15, 0.2) is 0 Å². The van der Waals surface area contributed by atoms with E-state index in [4.69, 9.17) is 22.1 Å². The quantitative estimate of drug-likeness (QED) is 0.120. The van der Waals surface area contributed by atoms with Crippen LogP contribution in [0.5, 0.6) is 0 Å². The lowest BCUT2D eigenvalue weighted by atomic mass is 10.1. The lowest BCUT2D eigenvalue weighted by Crippen LogP contribution is -2.48. The van der Waals surface area contributed by atoms with Crippen LogP contribution in [0.15, 0.2) is 70.6 Å². The van der Waals surface area contributed by atoms with Gasteiger partial charge < -0.3 is 4.74 Å². The number of para-hydroxylation sites is 1. The Kier molecular flexibility index (Phi) is 10.7. The molecule has 2 aliphatic heterocycles. The number of hydrogen-bond acceptors (Lipinski definition) is 7. The smallest absolute Gasteiger partial charge is 0.266 e. The van der Waals surface area contributed by atoms with Gasteiger partial charge in [0, 0.05) is 37.0 Å². The van der Waals surface area contributed by atoms with Gasteiger partial charge in [0.05, 0.1) is 27.7 Å². The molecule has 0 N–H and O–H groups in total. The first-order chi connectivity index (χ1) is 21.2. The molecule has 1 aromatic heterocycles. The van der Waals surface area contributed by atoms with Crippen molar-refractivity contribution in [1.82, 2.24) is 19.0 Å². The highest BCUT2D eigenvalue weighted by Gasteiger charge is 2.34. The minimum absolute atomic E-state index is 0.0983. The Bertz CT molecular complexity index is 1610. The molecule has 3 heterocycles. The first-order valence-corrected chi connectivity index (χ1v) is 18.0. The van der Waals surface area contributed by atoms with Crippen molar-refractivity contribution >= 4 is 50.3 Å². The molecule has 1 amide bonds. The Morgan fingerprint density at radius 1 is 1.00 bits per heavy atom. The molecule has 2 aliphatic rings. The van der Waals surface area contributed by atoms with Crippen molar-refractivity contribution in [2.24, 2.45) is 0 Å². The summed E-state index contributed by atoms with van der Waals surface area (Å²) in [5.74, 6) is -0.0983. The number of ether oxygens (including phenoxy) is 1. The van der Waals surface area contributed by atoms with E-state index < -0.39 is 10.0 Å². The van der Waals surface area contributed by atoms with Crippen molar-refractivity contribution in [3.05, 3.63) is 71.3 Å². The summed E-state index contributed by atoms with van der Waals surface area (Å²) in [6, 6.07) is 16.6. The van der Waals surface area contributed by atoms with E-state index in [1.807, 2.05) is 62.5 Å². The number of rotatable bonds is 12. The van der Waals surface area contributed by atoms with Crippen LogP contribution in [0.1, 0.15) is 64.9 Å². The summed E-state index contributed by atoms with van der Waals surface area (Å²) in [6.07, 6.45) is 10.1. The van der Waals surface area contributed by atoms with E-state index in [0.29, 0.717) is 45.7 Å². The summed E-state index contributed by atoms with van der Waals surface area (Å²) >= 11 is 6.90. The number of benzene rings is 2. The second kappa shape index (κ2) is 14.5. The molecule has 11 heteroatoms. The maximum atomic E-state index is 13.7. The summed E-state index contributed by atoms with van der Waals surface area (Å²) in [6.45, 7) is 7.17. The fraction of sp³-hybridized carbons (Fsp3) is 0.424. The van der Waals surface area contributed by atoms with Gasteiger partial charge in [0.25, 0.3) is 5.91 Å². The highest BCUT2D eigenvalue weighted by Crippen LogP contribution is 2.36. The first-order valence-electron chi connectivity index (χ1n) is 15.3. The number of morpholine rings is 1. The molecule has 2 aromatic carbocycles. The van der Waals surface area contributed by atoms with Crippen LogP contribution in [0.3, 0.4) is 0 Å². The molecule has 0 spiro atoms. The van der Waals surface area contributed by atoms with Crippen LogP contribution in [-0.2, 0) is 19.6 Å². The Morgan fingerprint density at radius 3 is 2.43 bits per heavy atom. The molecular formula is C33H40N4O4S3. The Hall–Kier alpha value is -2.83. The first kappa shape index (κ1) is 32.6. The number of carbonyl (C=O) groups is 1. The van der Waals surface area contributed by atoms with Gasteiger partial charge in [-0.15, -0.1) is 0 Å². The van der Waals surface area contributed by atoms with Crippen molar-refractivity contribution < 1.29 is 17.9 Å². The molecule has 5 rings (SSSR count). The molecule has 2 fully saturated rings.